The van der Waals surface area contributed by atoms with Gasteiger partial charge in [-0.2, -0.15) is 0 Å². The molecular formula is C79H128NO8P. The number of nitrogens with two attached hydrogens (primary N) is 1. The third-order valence-electron chi connectivity index (χ3n) is 14.3. The van der Waals surface area contributed by atoms with Gasteiger partial charge in [0.05, 0.1) is 13.2 Å². The monoisotopic (exact) mass is 1250 g/mol. The number of unbranched alkanes of at least 4 members (excludes halogenated alkanes) is 21. The highest BCUT2D eigenvalue weighted by Crippen LogP contribution is 2.43. The molecule has 10 heteroatoms. The van der Waals surface area contributed by atoms with Gasteiger partial charge in [-0.25, -0.2) is 4.57 Å². The molecule has 0 aliphatic carbocycles. The minimum Gasteiger partial charge on any atom is -0.462 e. The minimum atomic E-state index is -4.41. The zero-order chi connectivity index (χ0) is 64.4. The first kappa shape index (κ1) is 84.1. The van der Waals surface area contributed by atoms with E-state index in [1.54, 1.807) is 0 Å². The Morgan fingerprint density at radius 3 is 0.865 bits per heavy atom. The quantitative estimate of drug-likeness (QED) is 0.0264. The van der Waals surface area contributed by atoms with Crippen LogP contribution in [-0.4, -0.2) is 49.3 Å². The summed E-state index contributed by atoms with van der Waals surface area (Å²) < 4.78 is 33.2. The van der Waals surface area contributed by atoms with E-state index < -0.39 is 32.5 Å². The van der Waals surface area contributed by atoms with Gasteiger partial charge in [0.2, 0.25) is 0 Å². The summed E-state index contributed by atoms with van der Waals surface area (Å²) in [6.45, 7) is 3.50. The van der Waals surface area contributed by atoms with Crippen molar-refractivity contribution in [1.29, 1.82) is 0 Å². The lowest BCUT2D eigenvalue weighted by atomic mass is 10.0. The number of ether oxygens (including phenoxy) is 2. The van der Waals surface area contributed by atoms with Crippen molar-refractivity contribution in [2.24, 2.45) is 5.73 Å². The lowest BCUT2D eigenvalue weighted by Gasteiger charge is -2.19. The zero-order valence-electron chi connectivity index (χ0n) is 56.3. The van der Waals surface area contributed by atoms with Gasteiger partial charge in [-0.05, 0) is 135 Å². The highest BCUT2D eigenvalue weighted by atomic mass is 31.2. The Labute approximate surface area is 545 Å². The first-order chi connectivity index (χ1) is 43.8. The minimum absolute atomic E-state index is 0.0436. The van der Waals surface area contributed by atoms with Crippen LogP contribution < -0.4 is 5.73 Å². The first-order valence-corrected chi connectivity index (χ1v) is 36.8. The number of phosphoric ester groups is 1. The molecule has 0 aliphatic heterocycles. The Bertz CT molecular complexity index is 2110. The summed E-state index contributed by atoms with van der Waals surface area (Å²) in [6.07, 6.45) is 108. The summed E-state index contributed by atoms with van der Waals surface area (Å²) in [5, 5.41) is 0. The van der Waals surface area contributed by atoms with Crippen molar-refractivity contribution < 1.29 is 37.6 Å². The fourth-order valence-corrected chi connectivity index (χ4v) is 9.93. The molecule has 0 aromatic heterocycles. The van der Waals surface area contributed by atoms with Crippen LogP contribution in [0.2, 0.25) is 0 Å². The van der Waals surface area contributed by atoms with Crippen LogP contribution in [0.25, 0.3) is 0 Å². The smallest absolute Gasteiger partial charge is 0.462 e. The highest BCUT2D eigenvalue weighted by Gasteiger charge is 2.26. The molecule has 0 saturated carbocycles. The maximum absolute atomic E-state index is 12.8. The van der Waals surface area contributed by atoms with E-state index in [9.17, 15) is 19.0 Å². The lowest BCUT2D eigenvalue weighted by molar-refractivity contribution is -0.161. The van der Waals surface area contributed by atoms with Gasteiger partial charge < -0.3 is 20.1 Å². The lowest BCUT2D eigenvalue weighted by Crippen LogP contribution is -2.29. The van der Waals surface area contributed by atoms with E-state index in [4.69, 9.17) is 24.3 Å². The number of hydrogen-bond acceptors (Lipinski definition) is 8. The van der Waals surface area contributed by atoms with Gasteiger partial charge in [0.1, 0.15) is 6.61 Å². The van der Waals surface area contributed by atoms with Gasteiger partial charge in [0.15, 0.2) is 6.10 Å². The SMILES string of the molecule is CC/C=C\C/C=C\C/C=C\C/C=C\C/C=C\C/C=C\C/C=C\C/C=C\CCCCCCCCCCCCC(=O)OC(COC(=O)CCCCCCCCCCCCC/C=C\C/C=C\C/C=C\C/C=C\C/C=C\C/C=C\C/C=C\CC)COP(=O)(O)OCCN. The van der Waals surface area contributed by atoms with Crippen LogP contribution in [0, 0.1) is 0 Å². The maximum Gasteiger partial charge on any atom is 0.472 e. The molecule has 0 aliphatic rings. The Balaban J connectivity index is 3.97. The molecule has 0 aromatic rings. The van der Waals surface area contributed by atoms with Crippen molar-refractivity contribution in [3.05, 3.63) is 182 Å². The van der Waals surface area contributed by atoms with E-state index in [0.717, 1.165) is 154 Å². The van der Waals surface area contributed by atoms with E-state index in [-0.39, 0.29) is 32.6 Å². The average molecular weight is 1250 g/mol. The normalized spacial score (nSPS) is 14.1. The molecule has 89 heavy (non-hydrogen) atoms. The van der Waals surface area contributed by atoms with E-state index in [1.165, 1.54) is 83.5 Å². The molecule has 0 saturated heterocycles. The standard InChI is InChI=1S/C79H128NO8P/c1-3-5-7-9-11-13-15-17-19-21-23-25-27-29-31-33-35-37-38-40-42-44-46-48-50-52-54-56-58-60-62-64-66-68-70-72-79(82)88-77(76-87-89(83,84)86-74-73-80)75-85-78(81)71-69-67-65-63-61-59-57-55-53-51-49-47-45-43-41-39-36-34-32-30-28-26-24-22-20-18-16-14-12-10-8-6-4-2/h5-8,11-14,17-20,23-26,29-32,35-37,39-40,42-43,45-46,48,77H,3-4,9-10,15-16,21-22,27-28,33-34,38,41,44,47,49-76,80H2,1-2H3,(H,83,84)/b7-5-,8-6-,13-11-,14-12-,19-17-,20-18-,25-23-,26-24-,31-29-,32-30-,37-35-,39-36-,42-40-,45-43-,48-46-. The number of carbonyl (C=O) groups is 2. The molecule has 3 N–H and O–H groups in total. The van der Waals surface area contributed by atoms with E-state index in [0.29, 0.717) is 6.42 Å². The number of rotatable bonds is 64. The summed E-state index contributed by atoms with van der Waals surface area (Å²) in [7, 11) is -4.41. The van der Waals surface area contributed by atoms with Gasteiger partial charge in [0, 0.05) is 19.4 Å². The number of hydrogen-bond donors (Lipinski definition) is 2. The molecule has 0 amide bonds. The van der Waals surface area contributed by atoms with Crippen molar-refractivity contribution in [3.8, 4) is 0 Å². The molecule has 502 valence electrons. The van der Waals surface area contributed by atoms with E-state index in [1.807, 2.05) is 0 Å². The molecule has 2 atom stereocenters. The Morgan fingerprint density at radius 1 is 0.337 bits per heavy atom. The maximum atomic E-state index is 12.8. The molecule has 0 radical (unpaired) electrons. The Hall–Kier alpha value is -4.89. The van der Waals surface area contributed by atoms with Crippen LogP contribution in [0.3, 0.4) is 0 Å². The van der Waals surface area contributed by atoms with Crippen LogP contribution in [0.15, 0.2) is 182 Å². The van der Waals surface area contributed by atoms with E-state index in [2.05, 4.69) is 196 Å². The molecule has 0 aromatic carbocycles. The number of allylic oxidation sites excluding steroid dienone is 30. The van der Waals surface area contributed by atoms with Gasteiger partial charge in [0.25, 0.3) is 0 Å². The summed E-state index contributed by atoms with van der Waals surface area (Å²) in [5.41, 5.74) is 5.40. The van der Waals surface area contributed by atoms with Gasteiger partial charge in [-0.1, -0.05) is 305 Å². The number of phosphoric acid groups is 1. The van der Waals surface area contributed by atoms with Crippen molar-refractivity contribution in [1.82, 2.24) is 0 Å². The van der Waals surface area contributed by atoms with E-state index >= 15 is 0 Å². The molecule has 0 rings (SSSR count). The summed E-state index contributed by atoms with van der Waals surface area (Å²) in [6, 6.07) is 0. The van der Waals surface area contributed by atoms with Gasteiger partial charge in [-0.3, -0.25) is 18.6 Å². The van der Waals surface area contributed by atoms with Gasteiger partial charge >= 0.3 is 19.8 Å². The van der Waals surface area contributed by atoms with Crippen LogP contribution in [-0.2, 0) is 32.7 Å². The molecular weight excluding hydrogens is 1120 g/mol. The number of carbonyl (C=O) groups excluding carboxylic acids is 2. The first-order valence-electron chi connectivity index (χ1n) is 35.3. The Kier molecular flexibility index (Phi) is 68.2. The molecule has 2 unspecified atom stereocenters. The zero-order valence-corrected chi connectivity index (χ0v) is 57.2. The van der Waals surface area contributed by atoms with Crippen LogP contribution >= 0.6 is 7.82 Å². The largest absolute Gasteiger partial charge is 0.472 e. The Morgan fingerprint density at radius 2 is 0.584 bits per heavy atom. The van der Waals surface area contributed by atoms with Gasteiger partial charge in [-0.15, -0.1) is 0 Å². The van der Waals surface area contributed by atoms with Crippen LogP contribution in [0.5, 0.6) is 0 Å². The van der Waals surface area contributed by atoms with Crippen molar-refractivity contribution in [3.63, 3.8) is 0 Å². The molecule has 0 fully saturated rings. The van der Waals surface area contributed by atoms with Crippen molar-refractivity contribution in [2.75, 3.05) is 26.4 Å². The summed E-state index contributed by atoms with van der Waals surface area (Å²) >= 11 is 0. The predicted molar refractivity (Wildman–Crippen MR) is 385 cm³/mol. The third kappa shape index (κ3) is 72.1. The second-order valence-corrected chi connectivity index (χ2v) is 24.1. The average Bonchev–Trinajstić information content (AvgIpc) is 3.66. The van der Waals surface area contributed by atoms with Crippen LogP contribution in [0.1, 0.15) is 271 Å². The molecule has 0 spiro atoms. The fraction of sp³-hybridized carbons (Fsp3) is 0.595. The molecule has 0 bridgehead atoms. The predicted octanol–water partition coefficient (Wildman–Crippen LogP) is 23.5. The second-order valence-electron chi connectivity index (χ2n) is 22.6. The number of esters is 2. The van der Waals surface area contributed by atoms with Crippen molar-refractivity contribution in [2.45, 2.75) is 277 Å². The topological polar surface area (TPSA) is 134 Å². The molecule has 9 nitrogen and oxygen atoms in total. The summed E-state index contributed by atoms with van der Waals surface area (Å²) in [5.74, 6) is -0.844. The third-order valence-corrected chi connectivity index (χ3v) is 15.3. The van der Waals surface area contributed by atoms with Crippen LogP contribution in [0.4, 0.5) is 0 Å². The second kappa shape index (κ2) is 72.2. The summed E-state index contributed by atoms with van der Waals surface area (Å²) in [4.78, 5) is 35.4. The van der Waals surface area contributed by atoms with Crippen molar-refractivity contribution >= 4 is 19.8 Å². The fourth-order valence-electron chi connectivity index (χ4n) is 9.16. The highest BCUT2D eigenvalue weighted by molar-refractivity contribution is 7.47. The molecule has 0 heterocycles.